The van der Waals surface area contributed by atoms with Crippen molar-refractivity contribution in [3.63, 3.8) is 0 Å². The van der Waals surface area contributed by atoms with Gasteiger partial charge in [-0.1, -0.05) is 13.0 Å². The van der Waals surface area contributed by atoms with E-state index in [2.05, 4.69) is 6.58 Å². The van der Waals surface area contributed by atoms with Gasteiger partial charge in [-0.3, -0.25) is 0 Å². The Morgan fingerprint density at radius 2 is 1.88 bits per heavy atom. The fourth-order valence-corrected chi connectivity index (χ4v) is 1.85. The molecule has 1 aliphatic carbocycles. The Balaban J connectivity index is 2.68. The molecule has 16 heavy (non-hydrogen) atoms. The van der Waals surface area contributed by atoms with Crippen LogP contribution in [-0.4, -0.2) is 18.2 Å². The number of alkyl halides is 3. The van der Waals surface area contributed by atoms with Gasteiger partial charge in [0.1, 0.15) is 6.10 Å². The third-order valence-electron chi connectivity index (χ3n) is 2.73. The second-order valence-electron chi connectivity index (χ2n) is 4.16. The van der Waals surface area contributed by atoms with Gasteiger partial charge in [0, 0.05) is 5.57 Å². The van der Waals surface area contributed by atoms with Crippen molar-refractivity contribution in [3.8, 4) is 0 Å². The summed E-state index contributed by atoms with van der Waals surface area (Å²) in [6, 6.07) is 0. The molecular formula is C11H15F3O2. The van der Waals surface area contributed by atoms with Gasteiger partial charge in [0.05, 0.1) is 5.92 Å². The van der Waals surface area contributed by atoms with Crippen LogP contribution in [0.3, 0.4) is 0 Å². The Morgan fingerprint density at radius 1 is 1.31 bits per heavy atom. The van der Waals surface area contributed by atoms with Gasteiger partial charge in [-0.15, -0.1) is 0 Å². The summed E-state index contributed by atoms with van der Waals surface area (Å²) in [5.74, 6) is -2.26. The van der Waals surface area contributed by atoms with E-state index in [0.717, 1.165) is 0 Å². The van der Waals surface area contributed by atoms with Crippen LogP contribution in [-0.2, 0) is 9.53 Å². The largest absolute Gasteiger partial charge is 0.458 e. The van der Waals surface area contributed by atoms with Crippen molar-refractivity contribution in [3.05, 3.63) is 12.2 Å². The number of hydrogen-bond donors (Lipinski definition) is 0. The van der Waals surface area contributed by atoms with E-state index in [-0.39, 0.29) is 18.4 Å². The highest BCUT2D eigenvalue weighted by molar-refractivity contribution is 5.87. The van der Waals surface area contributed by atoms with Gasteiger partial charge < -0.3 is 4.74 Å². The van der Waals surface area contributed by atoms with E-state index in [1.54, 1.807) is 0 Å². The maximum Gasteiger partial charge on any atom is 0.395 e. The summed E-state index contributed by atoms with van der Waals surface area (Å²) in [7, 11) is 0. The Labute approximate surface area is 92.5 Å². The Morgan fingerprint density at radius 3 is 2.38 bits per heavy atom. The number of carbonyl (C=O) groups is 1. The molecular weight excluding hydrogens is 221 g/mol. The highest BCUT2D eigenvalue weighted by Crippen LogP contribution is 2.39. The normalized spacial score (nSPS) is 26.2. The molecule has 0 aromatic carbocycles. The fourth-order valence-electron chi connectivity index (χ4n) is 1.85. The van der Waals surface area contributed by atoms with E-state index in [0.29, 0.717) is 12.8 Å². The molecule has 2 atom stereocenters. The van der Waals surface area contributed by atoms with Crippen molar-refractivity contribution in [2.24, 2.45) is 5.92 Å². The molecule has 0 radical (unpaired) electrons. The third kappa shape index (κ3) is 3.25. The number of hydrogen-bond acceptors (Lipinski definition) is 2. The lowest BCUT2D eigenvalue weighted by Gasteiger charge is -2.32. The highest BCUT2D eigenvalue weighted by Gasteiger charge is 2.47. The van der Waals surface area contributed by atoms with Gasteiger partial charge in [0.25, 0.3) is 0 Å². The van der Waals surface area contributed by atoms with Crippen molar-refractivity contribution in [1.82, 2.24) is 0 Å². The standard InChI is InChI=1S/C11H15F3O2/c1-7(2)10(15)16-9-6-4-3-5-8(9)11(12,13)14/h8-9H,1,3-6H2,2H3. The van der Waals surface area contributed by atoms with Crippen molar-refractivity contribution in [2.75, 3.05) is 0 Å². The monoisotopic (exact) mass is 236 g/mol. The number of esters is 1. The number of rotatable bonds is 2. The average Bonchev–Trinajstić information content (AvgIpc) is 2.16. The molecule has 0 N–H and O–H groups in total. The first-order valence-electron chi connectivity index (χ1n) is 5.25. The van der Waals surface area contributed by atoms with Crippen molar-refractivity contribution in [1.29, 1.82) is 0 Å². The minimum Gasteiger partial charge on any atom is -0.458 e. The maximum absolute atomic E-state index is 12.6. The topological polar surface area (TPSA) is 26.3 Å². The SMILES string of the molecule is C=C(C)C(=O)OC1CCCCC1C(F)(F)F. The van der Waals surface area contributed by atoms with Crippen LogP contribution in [0.5, 0.6) is 0 Å². The lowest BCUT2D eigenvalue weighted by atomic mass is 9.86. The van der Waals surface area contributed by atoms with Crippen LogP contribution in [0.25, 0.3) is 0 Å². The predicted molar refractivity (Wildman–Crippen MR) is 52.7 cm³/mol. The van der Waals surface area contributed by atoms with Gasteiger partial charge in [-0.05, 0) is 26.2 Å². The van der Waals surface area contributed by atoms with Crippen LogP contribution < -0.4 is 0 Å². The lowest BCUT2D eigenvalue weighted by Crippen LogP contribution is -2.39. The Hall–Kier alpha value is -1.00. The maximum atomic E-state index is 12.6. The van der Waals surface area contributed by atoms with Crippen LogP contribution >= 0.6 is 0 Å². The van der Waals surface area contributed by atoms with E-state index >= 15 is 0 Å². The quantitative estimate of drug-likeness (QED) is 0.543. The summed E-state index contributed by atoms with van der Waals surface area (Å²) in [5, 5.41) is 0. The molecule has 0 saturated heterocycles. The van der Waals surface area contributed by atoms with Crippen molar-refractivity contribution >= 4 is 5.97 Å². The molecule has 0 amide bonds. The molecule has 0 aliphatic heterocycles. The minimum atomic E-state index is -4.29. The first-order valence-corrected chi connectivity index (χ1v) is 5.25. The fraction of sp³-hybridized carbons (Fsp3) is 0.727. The van der Waals surface area contributed by atoms with E-state index < -0.39 is 24.2 Å². The summed E-state index contributed by atoms with van der Waals surface area (Å²) < 4.78 is 42.7. The molecule has 0 heterocycles. The van der Waals surface area contributed by atoms with E-state index in [9.17, 15) is 18.0 Å². The van der Waals surface area contributed by atoms with Crippen LogP contribution in [0.4, 0.5) is 13.2 Å². The van der Waals surface area contributed by atoms with Crippen LogP contribution in [0.1, 0.15) is 32.6 Å². The van der Waals surface area contributed by atoms with Crippen LogP contribution in [0.2, 0.25) is 0 Å². The lowest BCUT2D eigenvalue weighted by molar-refractivity contribution is -0.214. The van der Waals surface area contributed by atoms with Gasteiger partial charge in [0.15, 0.2) is 0 Å². The molecule has 1 rings (SSSR count). The van der Waals surface area contributed by atoms with Crippen molar-refractivity contribution in [2.45, 2.75) is 44.9 Å². The molecule has 0 spiro atoms. The molecule has 1 aliphatic rings. The molecule has 92 valence electrons. The molecule has 1 fully saturated rings. The third-order valence-corrected chi connectivity index (χ3v) is 2.73. The molecule has 2 nitrogen and oxygen atoms in total. The molecule has 1 saturated carbocycles. The summed E-state index contributed by atoms with van der Waals surface area (Å²) in [6.45, 7) is 4.78. The molecule has 0 aromatic heterocycles. The summed E-state index contributed by atoms with van der Waals surface area (Å²) in [6.07, 6.45) is -3.81. The van der Waals surface area contributed by atoms with E-state index in [1.807, 2.05) is 0 Å². The highest BCUT2D eigenvalue weighted by atomic mass is 19.4. The summed E-state index contributed by atoms with van der Waals surface area (Å²) >= 11 is 0. The predicted octanol–water partition coefficient (Wildman–Crippen LogP) is 3.23. The minimum absolute atomic E-state index is 0.0393. The molecule has 0 bridgehead atoms. The van der Waals surface area contributed by atoms with Crippen molar-refractivity contribution < 1.29 is 22.7 Å². The second kappa shape index (κ2) is 4.89. The summed E-state index contributed by atoms with van der Waals surface area (Å²) in [4.78, 5) is 11.2. The van der Waals surface area contributed by atoms with Gasteiger partial charge in [-0.2, -0.15) is 13.2 Å². The van der Waals surface area contributed by atoms with Crippen LogP contribution in [0.15, 0.2) is 12.2 Å². The average molecular weight is 236 g/mol. The number of carbonyl (C=O) groups excluding carboxylic acids is 1. The smallest absolute Gasteiger partial charge is 0.395 e. The van der Waals surface area contributed by atoms with Gasteiger partial charge in [0.2, 0.25) is 0 Å². The Kier molecular flexibility index (Phi) is 3.99. The molecule has 2 unspecified atom stereocenters. The zero-order valence-electron chi connectivity index (χ0n) is 9.14. The second-order valence-corrected chi connectivity index (χ2v) is 4.16. The Bertz CT molecular complexity index is 283. The number of halogens is 3. The zero-order chi connectivity index (χ0) is 12.3. The molecule has 5 heteroatoms. The van der Waals surface area contributed by atoms with Gasteiger partial charge >= 0.3 is 12.1 Å². The van der Waals surface area contributed by atoms with Crippen LogP contribution in [0, 0.1) is 5.92 Å². The molecule has 0 aromatic rings. The first kappa shape index (κ1) is 13.1. The van der Waals surface area contributed by atoms with Gasteiger partial charge in [-0.25, -0.2) is 4.79 Å². The first-order chi connectivity index (χ1) is 7.32. The van der Waals surface area contributed by atoms with E-state index in [4.69, 9.17) is 4.74 Å². The zero-order valence-corrected chi connectivity index (χ0v) is 9.14. The summed E-state index contributed by atoms with van der Waals surface area (Å²) in [5.41, 5.74) is 0.131. The number of ether oxygens (including phenoxy) is 1. The van der Waals surface area contributed by atoms with E-state index in [1.165, 1.54) is 6.92 Å².